The second-order valence-electron chi connectivity index (χ2n) is 6.55. The molecule has 0 unspecified atom stereocenters. The zero-order valence-corrected chi connectivity index (χ0v) is 11.5. The molecule has 2 aliphatic carbocycles. The van der Waals surface area contributed by atoms with Crippen molar-refractivity contribution in [2.24, 2.45) is 17.8 Å². The maximum absolute atomic E-state index is 10.3. The van der Waals surface area contributed by atoms with Gasteiger partial charge in [0.1, 0.15) is 5.60 Å². The fourth-order valence-electron chi connectivity index (χ4n) is 3.40. The minimum absolute atomic E-state index is 0.161. The van der Waals surface area contributed by atoms with Crippen molar-refractivity contribution in [3.05, 3.63) is 24.3 Å². The second-order valence-corrected chi connectivity index (χ2v) is 6.55. The van der Waals surface area contributed by atoms with E-state index in [0.29, 0.717) is 0 Å². The van der Waals surface area contributed by atoms with E-state index in [4.69, 9.17) is 4.89 Å². The molecule has 0 aromatic carbocycles. The van der Waals surface area contributed by atoms with E-state index in [-0.39, 0.29) is 17.8 Å². The second kappa shape index (κ2) is 4.48. The highest BCUT2D eigenvalue weighted by atomic mass is 17.1. The summed E-state index contributed by atoms with van der Waals surface area (Å²) < 4.78 is 0. The van der Waals surface area contributed by atoms with E-state index in [1.54, 1.807) is 0 Å². The van der Waals surface area contributed by atoms with Gasteiger partial charge in [-0.15, -0.1) is 0 Å². The van der Waals surface area contributed by atoms with Gasteiger partial charge in [0.05, 0.1) is 5.60 Å². The summed E-state index contributed by atoms with van der Waals surface area (Å²) in [5.41, 5.74) is -0.168. The van der Waals surface area contributed by atoms with Crippen LogP contribution in [0.5, 0.6) is 0 Å². The van der Waals surface area contributed by atoms with Crippen molar-refractivity contribution in [1.82, 2.24) is 0 Å². The van der Waals surface area contributed by atoms with Crippen LogP contribution in [0.4, 0.5) is 0 Å². The Balaban J connectivity index is 2.28. The van der Waals surface area contributed by atoms with E-state index in [1.807, 2.05) is 26.8 Å². The zero-order chi connectivity index (χ0) is 13.6. The summed E-state index contributed by atoms with van der Waals surface area (Å²) in [4.78, 5) is 4.72. The minimum Gasteiger partial charge on any atom is -0.390 e. The molecule has 0 radical (unpaired) electrons. The number of hydrogen-bond acceptors (Lipinski definition) is 3. The van der Waals surface area contributed by atoms with Gasteiger partial charge in [0.2, 0.25) is 0 Å². The third-order valence-electron chi connectivity index (χ3n) is 4.82. The molecule has 2 rings (SSSR count). The van der Waals surface area contributed by atoms with Crippen molar-refractivity contribution in [2.75, 3.05) is 0 Å². The molecule has 2 aliphatic rings. The van der Waals surface area contributed by atoms with Gasteiger partial charge in [-0.05, 0) is 46.0 Å². The lowest BCUT2D eigenvalue weighted by Gasteiger charge is -2.35. The molecule has 0 aliphatic heterocycles. The van der Waals surface area contributed by atoms with Gasteiger partial charge in [-0.2, -0.15) is 0 Å². The van der Waals surface area contributed by atoms with Crippen molar-refractivity contribution in [3.63, 3.8) is 0 Å². The summed E-state index contributed by atoms with van der Waals surface area (Å²) in [6.07, 6.45) is 6.75. The summed E-state index contributed by atoms with van der Waals surface area (Å²) in [7, 11) is 0. The third kappa shape index (κ3) is 2.27. The Morgan fingerprint density at radius 1 is 1.50 bits per heavy atom. The third-order valence-corrected chi connectivity index (χ3v) is 4.82. The van der Waals surface area contributed by atoms with Crippen molar-refractivity contribution in [3.8, 4) is 0 Å². The molecule has 3 heteroatoms. The number of aliphatic hydroxyl groups is 1. The quantitative estimate of drug-likeness (QED) is 0.451. The van der Waals surface area contributed by atoms with Crippen LogP contribution >= 0.6 is 0 Å². The summed E-state index contributed by atoms with van der Waals surface area (Å²) in [6.45, 7) is 9.78. The largest absolute Gasteiger partial charge is 0.390 e. The predicted octanol–water partition coefficient (Wildman–Crippen LogP) is 3.16. The van der Waals surface area contributed by atoms with Crippen LogP contribution in [-0.4, -0.2) is 21.6 Å². The van der Waals surface area contributed by atoms with Crippen LogP contribution in [0.3, 0.4) is 0 Å². The standard InChI is InChI=1S/C15H24O3/c1-10-5-6-11(14(2,3)16)9-13-12(10)7-8-15(13,4)18-17/h7-8,11-13,16-17H,1,5-6,9H2,2-4H3/t11-,12+,13+,15+/m1/s1. The molecule has 102 valence electrons. The van der Waals surface area contributed by atoms with Crippen molar-refractivity contribution in [1.29, 1.82) is 0 Å². The Bertz CT molecular complexity index is 366. The first-order chi connectivity index (χ1) is 8.28. The lowest BCUT2D eigenvalue weighted by molar-refractivity contribution is -0.316. The van der Waals surface area contributed by atoms with Gasteiger partial charge < -0.3 is 5.11 Å². The number of hydrogen-bond donors (Lipinski definition) is 2. The molecule has 1 fully saturated rings. The zero-order valence-electron chi connectivity index (χ0n) is 11.5. The van der Waals surface area contributed by atoms with Crippen LogP contribution in [0.1, 0.15) is 40.0 Å². The lowest BCUT2D eigenvalue weighted by Crippen LogP contribution is -2.39. The SMILES string of the molecule is C=C1CC[C@@H](C(C)(C)O)C[C@H]2[C@H]1C=C[C@]2(C)OO. The average Bonchev–Trinajstić information content (AvgIpc) is 2.49. The maximum atomic E-state index is 10.3. The normalized spacial score (nSPS) is 40.7. The van der Waals surface area contributed by atoms with E-state index < -0.39 is 11.2 Å². The molecule has 4 atom stereocenters. The average molecular weight is 252 g/mol. The van der Waals surface area contributed by atoms with Gasteiger partial charge in [0.15, 0.2) is 0 Å². The first-order valence-corrected chi connectivity index (χ1v) is 6.70. The van der Waals surface area contributed by atoms with Crippen LogP contribution in [0.25, 0.3) is 0 Å². The molecular formula is C15H24O3. The highest BCUT2D eigenvalue weighted by molar-refractivity contribution is 5.26. The van der Waals surface area contributed by atoms with Gasteiger partial charge >= 0.3 is 0 Å². The molecule has 0 aromatic heterocycles. The smallest absolute Gasteiger partial charge is 0.122 e. The molecule has 0 aromatic rings. The summed E-state index contributed by atoms with van der Waals surface area (Å²) in [6, 6.07) is 0. The first-order valence-electron chi connectivity index (χ1n) is 6.70. The van der Waals surface area contributed by atoms with E-state index in [2.05, 4.69) is 12.7 Å². The van der Waals surface area contributed by atoms with Gasteiger partial charge in [-0.1, -0.05) is 24.3 Å². The van der Waals surface area contributed by atoms with Crippen molar-refractivity contribution >= 4 is 0 Å². The monoisotopic (exact) mass is 252 g/mol. The van der Waals surface area contributed by atoms with E-state index >= 15 is 0 Å². The van der Waals surface area contributed by atoms with Crippen LogP contribution < -0.4 is 0 Å². The van der Waals surface area contributed by atoms with Crippen LogP contribution in [0.15, 0.2) is 24.3 Å². The van der Waals surface area contributed by atoms with Crippen molar-refractivity contribution in [2.45, 2.75) is 51.2 Å². The molecule has 0 bridgehead atoms. The summed E-state index contributed by atoms with van der Waals surface area (Å²) in [5, 5.41) is 19.5. The van der Waals surface area contributed by atoms with Gasteiger partial charge in [-0.25, -0.2) is 4.89 Å². The highest BCUT2D eigenvalue weighted by Crippen LogP contribution is 2.49. The van der Waals surface area contributed by atoms with Gasteiger partial charge in [-0.3, -0.25) is 5.26 Å². The molecule has 1 saturated carbocycles. The fraction of sp³-hybridized carbons (Fsp3) is 0.733. The molecule has 0 spiro atoms. The van der Waals surface area contributed by atoms with Crippen molar-refractivity contribution < 1.29 is 15.3 Å². The predicted molar refractivity (Wildman–Crippen MR) is 71.0 cm³/mol. The molecule has 18 heavy (non-hydrogen) atoms. The lowest BCUT2D eigenvalue weighted by atomic mass is 9.75. The Morgan fingerprint density at radius 2 is 2.17 bits per heavy atom. The molecular weight excluding hydrogens is 228 g/mol. The Morgan fingerprint density at radius 3 is 2.72 bits per heavy atom. The molecule has 0 amide bonds. The van der Waals surface area contributed by atoms with E-state index in [0.717, 1.165) is 19.3 Å². The number of fused-ring (bicyclic) bond motifs is 1. The molecule has 2 N–H and O–H groups in total. The summed E-state index contributed by atoms with van der Waals surface area (Å²) >= 11 is 0. The first kappa shape index (κ1) is 13.8. The number of rotatable bonds is 2. The summed E-state index contributed by atoms with van der Waals surface area (Å²) in [5.74, 6) is 0.627. The molecule has 0 heterocycles. The Kier molecular flexibility index (Phi) is 3.43. The topological polar surface area (TPSA) is 49.7 Å². The Labute approximate surface area is 109 Å². The van der Waals surface area contributed by atoms with Gasteiger partial charge in [0.25, 0.3) is 0 Å². The van der Waals surface area contributed by atoms with Gasteiger partial charge in [0, 0.05) is 11.8 Å². The van der Waals surface area contributed by atoms with E-state index in [9.17, 15) is 10.4 Å². The van der Waals surface area contributed by atoms with Crippen LogP contribution in [-0.2, 0) is 4.89 Å². The molecule has 3 nitrogen and oxygen atoms in total. The van der Waals surface area contributed by atoms with E-state index in [1.165, 1.54) is 5.57 Å². The highest BCUT2D eigenvalue weighted by Gasteiger charge is 2.47. The maximum Gasteiger partial charge on any atom is 0.122 e. The fourth-order valence-corrected chi connectivity index (χ4v) is 3.40. The number of allylic oxidation sites excluding steroid dienone is 2. The Hall–Kier alpha value is -0.640. The van der Waals surface area contributed by atoms with Crippen LogP contribution in [0, 0.1) is 17.8 Å². The minimum atomic E-state index is -0.700. The van der Waals surface area contributed by atoms with Crippen LogP contribution in [0.2, 0.25) is 0 Å². The molecule has 0 saturated heterocycles.